The first-order valence-corrected chi connectivity index (χ1v) is 13.9. The lowest BCUT2D eigenvalue weighted by Gasteiger charge is -2.30. The fourth-order valence-electron chi connectivity index (χ4n) is 6.68. The Labute approximate surface area is 247 Å². The van der Waals surface area contributed by atoms with Gasteiger partial charge >= 0.3 is 0 Å². The second kappa shape index (κ2) is 10.2. The number of likely N-dealkylation sites (tertiary alicyclic amines) is 1. The number of methoxy groups -OCH3 is 2. The number of aryl methyl sites for hydroxylation is 1. The molecule has 0 aliphatic carbocycles. The predicted octanol–water partition coefficient (Wildman–Crippen LogP) is 3.28. The van der Waals surface area contributed by atoms with Gasteiger partial charge in [-0.3, -0.25) is 24.6 Å². The van der Waals surface area contributed by atoms with Gasteiger partial charge in [0.1, 0.15) is 5.54 Å². The second-order valence-corrected chi connectivity index (χ2v) is 11.4. The normalized spacial score (nSPS) is 24.2. The van der Waals surface area contributed by atoms with Crippen LogP contribution in [-0.4, -0.2) is 59.6 Å². The van der Waals surface area contributed by atoms with Crippen LogP contribution in [-0.2, 0) is 32.8 Å². The number of phenols is 2. The number of carbonyl (C=O) groups excluding carboxylic acids is 3. The number of benzene rings is 3. The Bertz CT molecular complexity index is 1640. The molecule has 0 bridgehead atoms. The second-order valence-electron chi connectivity index (χ2n) is 11.0. The molecule has 2 fully saturated rings. The molecular formula is C31H30ClN3O7. The topological polar surface area (TPSA) is 137 Å². The molecular weight excluding hydrogens is 562 g/mol. The molecule has 3 aromatic rings. The summed E-state index contributed by atoms with van der Waals surface area (Å²) in [5.74, 6) is -2.57. The number of anilines is 1. The summed E-state index contributed by atoms with van der Waals surface area (Å²) in [7, 11) is 3.08. The average Bonchev–Trinajstić information content (AvgIpc) is 3.54. The molecule has 3 aliphatic heterocycles. The molecule has 6 rings (SSSR count). The third kappa shape index (κ3) is 4.16. The molecule has 11 heteroatoms. The highest BCUT2D eigenvalue weighted by atomic mass is 35.5. The lowest BCUT2D eigenvalue weighted by Crippen LogP contribution is -2.53. The Morgan fingerprint density at radius 2 is 1.67 bits per heavy atom. The summed E-state index contributed by atoms with van der Waals surface area (Å²) in [6.07, 6.45) is 0.601. The van der Waals surface area contributed by atoms with E-state index in [1.165, 1.54) is 24.1 Å². The number of carbonyl (C=O) groups is 3. The van der Waals surface area contributed by atoms with E-state index < -0.39 is 35.2 Å². The standard InChI is InChI=1S/C31H30ClN3O7/c1-15-10-18-27(19(32)11-15)33-30(40)31(18)26-25(20(34-31)12-17-4-6-21(36)22(37)13-17)28(38)35(29(26)39)9-8-16-5-7-23(41-2)24(14-16)42-3/h4-7,10-11,13-14,20,25-26,34,36-37H,8-9,12H2,1-3H3,(H,33,40)/t20-,25+,26-,31-/m0/s1. The van der Waals surface area contributed by atoms with E-state index in [9.17, 15) is 24.6 Å². The van der Waals surface area contributed by atoms with E-state index in [1.54, 1.807) is 31.4 Å². The molecule has 0 aromatic heterocycles. The Hall–Kier alpha value is -4.28. The summed E-state index contributed by atoms with van der Waals surface area (Å²) < 4.78 is 10.7. The summed E-state index contributed by atoms with van der Waals surface area (Å²) >= 11 is 6.53. The number of hydrogen-bond donors (Lipinski definition) is 4. The zero-order valence-electron chi connectivity index (χ0n) is 23.2. The minimum atomic E-state index is -1.51. The fourth-order valence-corrected chi connectivity index (χ4v) is 7.00. The van der Waals surface area contributed by atoms with Crippen molar-refractivity contribution in [1.82, 2.24) is 10.2 Å². The lowest BCUT2D eigenvalue weighted by atomic mass is 9.76. The number of fused-ring (bicyclic) bond motifs is 4. The van der Waals surface area contributed by atoms with Crippen LogP contribution in [0.5, 0.6) is 23.0 Å². The number of amides is 3. The van der Waals surface area contributed by atoms with Gasteiger partial charge in [0.25, 0.3) is 0 Å². The molecule has 218 valence electrons. The molecule has 2 saturated heterocycles. The van der Waals surface area contributed by atoms with Crippen LogP contribution in [0, 0.1) is 18.8 Å². The summed E-state index contributed by atoms with van der Waals surface area (Å²) in [5, 5.41) is 26.5. The van der Waals surface area contributed by atoms with E-state index in [0.29, 0.717) is 39.8 Å². The van der Waals surface area contributed by atoms with Crippen molar-refractivity contribution in [3.8, 4) is 23.0 Å². The monoisotopic (exact) mass is 591 g/mol. The molecule has 42 heavy (non-hydrogen) atoms. The number of aromatic hydroxyl groups is 2. The van der Waals surface area contributed by atoms with Gasteiger partial charge in [-0.05, 0) is 66.8 Å². The number of rotatable bonds is 7. The highest BCUT2D eigenvalue weighted by Gasteiger charge is 2.70. The summed E-state index contributed by atoms with van der Waals surface area (Å²) in [4.78, 5) is 43.3. The van der Waals surface area contributed by atoms with Crippen LogP contribution in [0.3, 0.4) is 0 Å². The molecule has 1 spiro atoms. The molecule has 4 N–H and O–H groups in total. The first kappa shape index (κ1) is 27.9. The van der Waals surface area contributed by atoms with Crippen LogP contribution < -0.4 is 20.1 Å². The van der Waals surface area contributed by atoms with Gasteiger partial charge in [-0.2, -0.15) is 0 Å². The van der Waals surface area contributed by atoms with Crippen molar-refractivity contribution in [2.75, 3.05) is 26.1 Å². The predicted molar refractivity (Wildman–Crippen MR) is 154 cm³/mol. The highest BCUT2D eigenvalue weighted by molar-refractivity contribution is 6.35. The molecule has 4 atom stereocenters. The minimum absolute atomic E-state index is 0.117. The van der Waals surface area contributed by atoms with E-state index in [1.807, 2.05) is 19.1 Å². The molecule has 0 unspecified atom stereocenters. The highest BCUT2D eigenvalue weighted by Crippen LogP contribution is 2.55. The summed E-state index contributed by atoms with van der Waals surface area (Å²) in [6.45, 7) is 1.97. The van der Waals surface area contributed by atoms with Crippen molar-refractivity contribution in [3.05, 3.63) is 75.8 Å². The van der Waals surface area contributed by atoms with Crippen molar-refractivity contribution in [2.45, 2.75) is 31.3 Å². The first-order chi connectivity index (χ1) is 20.1. The number of phenolic OH excluding ortho intramolecular Hbond substituents is 2. The fraction of sp³-hybridized carbons (Fsp3) is 0.323. The molecule has 3 aromatic carbocycles. The molecule has 0 radical (unpaired) electrons. The van der Waals surface area contributed by atoms with Crippen LogP contribution in [0.25, 0.3) is 0 Å². The van der Waals surface area contributed by atoms with Crippen LogP contribution in [0.15, 0.2) is 48.5 Å². The Kier molecular flexibility index (Phi) is 6.78. The van der Waals surface area contributed by atoms with E-state index in [-0.39, 0.29) is 30.4 Å². The number of halogens is 1. The maximum Gasteiger partial charge on any atom is 0.250 e. The van der Waals surface area contributed by atoms with Gasteiger partial charge in [0.05, 0.1) is 36.8 Å². The van der Waals surface area contributed by atoms with Crippen LogP contribution in [0.2, 0.25) is 5.02 Å². The minimum Gasteiger partial charge on any atom is -0.504 e. The quantitative estimate of drug-likeness (QED) is 0.243. The number of hydrogen-bond acceptors (Lipinski definition) is 8. The smallest absolute Gasteiger partial charge is 0.250 e. The molecule has 3 heterocycles. The van der Waals surface area contributed by atoms with Crippen LogP contribution in [0.1, 0.15) is 22.3 Å². The van der Waals surface area contributed by atoms with Crippen LogP contribution >= 0.6 is 11.6 Å². The van der Waals surface area contributed by atoms with Gasteiger partial charge in [0.15, 0.2) is 23.0 Å². The van der Waals surface area contributed by atoms with Crippen molar-refractivity contribution >= 4 is 35.0 Å². The van der Waals surface area contributed by atoms with Gasteiger partial charge in [0.2, 0.25) is 17.7 Å². The summed E-state index contributed by atoms with van der Waals surface area (Å²) in [6, 6.07) is 12.8. The van der Waals surface area contributed by atoms with Crippen molar-refractivity contribution in [1.29, 1.82) is 0 Å². The van der Waals surface area contributed by atoms with E-state index in [4.69, 9.17) is 21.1 Å². The third-order valence-electron chi connectivity index (χ3n) is 8.58. The lowest BCUT2D eigenvalue weighted by molar-refractivity contribution is -0.142. The molecule has 10 nitrogen and oxygen atoms in total. The SMILES string of the molecule is COc1ccc(CCN2C(=O)[C@@H]3[C@H](Cc4ccc(O)c(O)c4)N[C@]4(C(=O)Nc5c(Cl)cc(C)cc54)[C@@H]3C2=O)cc1OC. The maximum absolute atomic E-state index is 14.2. The zero-order chi connectivity index (χ0) is 29.9. The number of nitrogens with zero attached hydrogens (tertiary/aromatic N) is 1. The van der Waals surface area contributed by atoms with E-state index >= 15 is 0 Å². The number of imide groups is 1. The number of ether oxygens (including phenoxy) is 2. The van der Waals surface area contributed by atoms with E-state index in [2.05, 4.69) is 10.6 Å². The maximum atomic E-state index is 14.2. The Balaban J connectivity index is 1.38. The van der Waals surface area contributed by atoms with Crippen molar-refractivity contribution < 1.29 is 34.1 Å². The summed E-state index contributed by atoms with van der Waals surface area (Å²) in [5.41, 5.74) is 1.73. The van der Waals surface area contributed by atoms with Gasteiger partial charge < -0.3 is 25.0 Å². The first-order valence-electron chi connectivity index (χ1n) is 13.6. The van der Waals surface area contributed by atoms with Gasteiger partial charge in [0, 0.05) is 18.2 Å². The van der Waals surface area contributed by atoms with Crippen molar-refractivity contribution in [3.63, 3.8) is 0 Å². The molecule has 3 amide bonds. The average molecular weight is 592 g/mol. The molecule has 0 saturated carbocycles. The Morgan fingerprint density at radius 3 is 2.38 bits per heavy atom. The zero-order valence-corrected chi connectivity index (χ0v) is 24.0. The van der Waals surface area contributed by atoms with E-state index in [0.717, 1.165) is 11.1 Å². The van der Waals surface area contributed by atoms with Gasteiger partial charge in [-0.15, -0.1) is 0 Å². The number of nitrogens with one attached hydrogen (secondary N) is 2. The Morgan fingerprint density at radius 1 is 0.929 bits per heavy atom. The van der Waals surface area contributed by atoms with Gasteiger partial charge in [-0.25, -0.2) is 0 Å². The largest absolute Gasteiger partial charge is 0.504 e. The van der Waals surface area contributed by atoms with Crippen molar-refractivity contribution in [2.24, 2.45) is 11.8 Å². The van der Waals surface area contributed by atoms with Crippen LogP contribution in [0.4, 0.5) is 5.69 Å². The molecule has 3 aliphatic rings. The van der Waals surface area contributed by atoms with Gasteiger partial charge in [-0.1, -0.05) is 29.8 Å². The third-order valence-corrected chi connectivity index (χ3v) is 8.88.